The predicted molar refractivity (Wildman–Crippen MR) is 86.0 cm³/mol. The highest BCUT2D eigenvalue weighted by Gasteiger charge is 2.07. The van der Waals surface area contributed by atoms with E-state index >= 15 is 0 Å². The monoisotopic (exact) mass is 415 g/mol. The minimum atomic E-state index is -0.0909. The van der Waals surface area contributed by atoms with Crippen LogP contribution in [-0.2, 0) is 0 Å². The molecule has 2 aromatic carbocycles. The molecule has 0 saturated heterocycles. The molecule has 0 aromatic heterocycles. The Morgan fingerprint density at radius 2 is 1.83 bits per heavy atom. The molecular formula is C14H11BrINO. The molecule has 0 aliphatic rings. The van der Waals surface area contributed by atoms with Gasteiger partial charge in [-0.15, -0.1) is 0 Å². The Morgan fingerprint density at radius 3 is 2.44 bits per heavy atom. The number of nitrogens with one attached hydrogen (secondary N) is 1. The summed E-state index contributed by atoms with van der Waals surface area (Å²) in [5.74, 6) is -0.0909. The Kier molecular flexibility index (Phi) is 4.40. The van der Waals surface area contributed by atoms with E-state index in [1.54, 1.807) is 12.1 Å². The Morgan fingerprint density at radius 1 is 1.17 bits per heavy atom. The van der Waals surface area contributed by atoms with Crippen LogP contribution in [0.4, 0.5) is 5.69 Å². The van der Waals surface area contributed by atoms with Crippen LogP contribution in [-0.4, -0.2) is 5.91 Å². The summed E-state index contributed by atoms with van der Waals surface area (Å²) in [6, 6.07) is 13.2. The van der Waals surface area contributed by atoms with Crippen LogP contribution in [0.25, 0.3) is 0 Å². The van der Waals surface area contributed by atoms with E-state index < -0.39 is 0 Å². The zero-order valence-corrected chi connectivity index (χ0v) is 13.4. The van der Waals surface area contributed by atoms with E-state index in [1.807, 2.05) is 37.3 Å². The van der Waals surface area contributed by atoms with Gasteiger partial charge in [0.2, 0.25) is 0 Å². The molecule has 4 heteroatoms. The van der Waals surface area contributed by atoms with E-state index in [-0.39, 0.29) is 5.91 Å². The lowest BCUT2D eigenvalue weighted by atomic mass is 10.1. The van der Waals surface area contributed by atoms with Crippen molar-refractivity contribution in [3.63, 3.8) is 0 Å². The second kappa shape index (κ2) is 5.84. The molecule has 0 fully saturated rings. The Hall–Kier alpha value is -0.880. The molecule has 92 valence electrons. The summed E-state index contributed by atoms with van der Waals surface area (Å²) in [4.78, 5) is 12.0. The van der Waals surface area contributed by atoms with Crippen molar-refractivity contribution in [3.05, 3.63) is 61.6 Å². The number of anilines is 1. The normalized spacial score (nSPS) is 10.2. The van der Waals surface area contributed by atoms with Crippen LogP contribution >= 0.6 is 38.5 Å². The van der Waals surface area contributed by atoms with Crippen LogP contribution in [0.15, 0.2) is 46.9 Å². The molecule has 1 amide bonds. The molecule has 2 nitrogen and oxygen atoms in total. The molecule has 1 N–H and O–H groups in total. The van der Waals surface area contributed by atoms with E-state index in [9.17, 15) is 4.79 Å². The van der Waals surface area contributed by atoms with Gasteiger partial charge in [-0.25, -0.2) is 0 Å². The average molecular weight is 416 g/mol. The third kappa shape index (κ3) is 3.32. The summed E-state index contributed by atoms with van der Waals surface area (Å²) in [7, 11) is 0. The quantitative estimate of drug-likeness (QED) is 0.712. The number of hydrogen-bond donors (Lipinski definition) is 1. The second-order valence-corrected chi connectivity index (χ2v) is 6.08. The molecule has 0 bridgehead atoms. The van der Waals surface area contributed by atoms with Crippen molar-refractivity contribution in [1.82, 2.24) is 0 Å². The zero-order chi connectivity index (χ0) is 13.1. The van der Waals surface area contributed by atoms with Crippen molar-refractivity contribution in [3.8, 4) is 0 Å². The fourth-order valence-corrected chi connectivity index (χ4v) is 2.47. The van der Waals surface area contributed by atoms with E-state index in [2.05, 4.69) is 43.8 Å². The Labute approximate surface area is 128 Å². The first-order chi connectivity index (χ1) is 8.56. The van der Waals surface area contributed by atoms with Gasteiger partial charge >= 0.3 is 0 Å². The van der Waals surface area contributed by atoms with Crippen LogP contribution in [0.3, 0.4) is 0 Å². The van der Waals surface area contributed by atoms with Gasteiger partial charge in [-0.3, -0.25) is 4.79 Å². The minimum Gasteiger partial charge on any atom is -0.322 e. The van der Waals surface area contributed by atoms with Crippen LogP contribution < -0.4 is 5.32 Å². The molecule has 0 aliphatic carbocycles. The Balaban J connectivity index is 2.18. The lowest BCUT2D eigenvalue weighted by molar-refractivity contribution is 0.102. The molecule has 0 heterocycles. The van der Waals surface area contributed by atoms with Gasteiger partial charge in [-0.05, 0) is 77.5 Å². The average Bonchev–Trinajstić information content (AvgIpc) is 2.33. The van der Waals surface area contributed by atoms with Gasteiger partial charge in [0.05, 0.1) is 0 Å². The molecule has 18 heavy (non-hydrogen) atoms. The van der Waals surface area contributed by atoms with Crippen LogP contribution in [0.1, 0.15) is 15.9 Å². The summed E-state index contributed by atoms with van der Waals surface area (Å²) < 4.78 is 2.12. The number of carbonyl (C=O) groups excluding carboxylic acids is 1. The molecule has 0 aliphatic heterocycles. The standard InChI is InChI=1S/C14H11BrINO/c1-9-8-12(16)6-7-13(9)17-14(18)10-2-4-11(15)5-3-10/h2-8H,1H3,(H,17,18). The summed E-state index contributed by atoms with van der Waals surface area (Å²) in [5.41, 5.74) is 2.56. The number of hydrogen-bond acceptors (Lipinski definition) is 1. The molecule has 2 aromatic rings. The summed E-state index contributed by atoms with van der Waals surface area (Å²) in [6.07, 6.45) is 0. The molecule has 0 spiro atoms. The maximum absolute atomic E-state index is 12.0. The van der Waals surface area contributed by atoms with E-state index in [0.717, 1.165) is 19.3 Å². The first kappa shape index (κ1) is 13.5. The first-order valence-electron chi connectivity index (χ1n) is 5.39. The third-order valence-electron chi connectivity index (χ3n) is 2.54. The first-order valence-corrected chi connectivity index (χ1v) is 7.26. The lowest BCUT2D eigenvalue weighted by Crippen LogP contribution is -2.12. The highest BCUT2D eigenvalue weighted by Crippen LogP contribution is 2.19. The lowest BCUT2D eigenvalue weighted by Gasteiger charge is -2.08. The van der Waals surface area contributed by atoms with Crippen molar-refractivity contribution in [2.75, 3.05) is 5.32 Å². The van der Waals surface area contributed by atoms with E-state index in [0.29, 0.717) is 5.56 Å². The van der Waals surface area contributed by atoms with E-state index in [1.165, 1.54) is 0 Å². The third-order valence-corrected chi connectivity index (χ3v) is 3.74. The van der Waals surface area contributed by atoms with Crippen molar-refractivity contribution in [2.24, 2.45) is 0 Å². The zero-order valence-electron chi connectivity index (χ0n) is 9.71. The topological polar surface area (TPSA) is 29.1 Å². The number of halogens is 2. The molecule has 0 unspecified atom stereocenters. The van der Waals surface area contributed by atoms with Crippen molar-refractivity contribution < 1.29 is 4.79 Å². The van der Waals surface area contributed by atoms with Gasteiger partial charge < -0.3 is 5.32 Å². The van der Waals surface area contributed by atoms with Crippen LogP contribution in [0, 0.1) is 10.5 Å². The van der Waals surface area contributed by atoms with Gasteiger partial charge in [-0.2, -0.15) is 0 Å². The number of benzene rings is 2. The Bertz CT molecular complexity index is 581. The predicted octanol–water partition coefficient (Wildman–Crippen LogP) is 4.61. The van der Waals surface area contributed by atoms with Crippen molar-refractivity contribution in [2.45, 2.75) is 6.92 Å². The summed E-state index contributed by atoms with van der Waals surface area (Å²) in [6.45, 7) is 1.99. The minimum absolute atomic E-state index is 0.0909. The van der Waals surface area contributed by atoms with Gasteiger partial charge in [0.1, 0.15) is 0 Å². The number of aryl methyl sites for hydroxylation is 1. The highest BCUT2D eigenvalue weighted by molar-refractivity contribution is 14.1. The largest absolute Gasteiger partial charge is 0.322 e. The molecule has 2 rings (SSSR count). The molecular weight excluding hydrogens is 405 g/mol. The SMILES string of the molecule is Cc1cc(I)ccc1NC(=O)c1ccc(Br)cc1. The maximum Gasteiger partial charge on any atom is 0.255 e. The smallest absolute Gasteiger partial charge is 0.255 e. The molecule has 0 saturated carbocycles. The number of rotatable bonds is 2. The number of amides is 1. The summed E-state index contributed by atoms with van der Waals surface area (Å²) >= 11 is 5.60. The maximum atomic E-state index is 12.0. The van der Waals surface area contributed by atoms with Gasteiger partial charge in [0.15, 0.2) is 0 Å². The fraction of sp³-hybridized carbons (Fsp3) is 0.0714. The molecule has 0 atom stereocenters. The fourth-order valence-electron chi connectivity index (χ4n) is 1.56. The summed E-state index contributed by atoms with van der Waals surface area (Å²) in [5, 5.41) is 2.92. The van der Waals surface area contributed by atoms with Gasteiger partial charge in [0, 0.05) is 19.3 Å². The number of carbonyl (C=O) groups is 1. The van der Waals surface area contributed by atoms with E-state index in [4.69, 9.17) is 0 Å². The molecule has 0 radical (unpaired) electrons. The van der Waals surface area contributed by atoms with Crippen LogP contribution in [0.5, 0.6) is 0 Å². The van der Waals surface area contributed by atoms with Gasteiger partial charge in [-0.1, -0.05) is 15.9 Å². The van der Waals surface area contributed by atoms with Crippen molar-refractivity contribution in [1.29, 1.82) is 0 Å². The van der Waals surface area contributed by atoms with Gasteiger partial charge in [0.25, 0.3) is 5.91 Å². The van der Waals surface area contributed by atoms with Crippen LogP contribution in [0.2, 0.25) is 0 Å². The second-order valence-electron chi connectivity index (χ2n) is 3.92. The van der Waals surface area contributed by atoms with Crippen molar-refractivity contribution >= 4 is 50.1 Å². The highest BCUT2D eigenvalue weighted by atomic mass is 127.